The lowest BCUT2D eigenvalue weighted by Crippen LogP contribution is -2.44. The molecule has 4 rings (SSSR count). The van der Waals surface area contributed by atoms with Crippen LogP contribution in [0.15, 0.2) is 48.7 Å². The number of aliphatic hydroxyl groups is 2. The van der Waals surface area contributed by atoms with Crippen LogP contribution >= 0.6 is 0 Å². The molecule has 7 nitrogen and oxygen atoms in total. The predicted molar refractivity (Wildman–Crippen MR) is 118 cm³/mol. The van der Waals surface area contributed by atoms with Gasteiger partial charge in [0, 0.05) is 26.1 Å². The van der Waals surface area contributed by atoms with Crippen LogP contribution in [0.25, 0.3) is 11.0 Å². The number of nitrogens with zero attached hydrogens (tertiary/aromatic N) is 3. The average Bonchev–Trinajstić information content (AvgIpc) is 2.79. The molecule has 2 heterocycles. The number of methoxy groups -OCH3 is 1. The number of fused-ring (bicyclic) bond motifs is 1. The Morgan fingerprint density at radius 1 is 1.10 bits per heavy atom. The third-order valence-electron chi connectivity index (χ3n) is 5.88. The number of rotatable bonds is 7. The number of benzene rings is 2. The van der Waals surface area contributed by atoms with E-state index in [1.54, 1.807) is 13.3 Å². The van der Waals surface area contributed by atoms with Crippen LogP contribution in [-0.2, 0) is 5.60 Å². The quantitative estimate of drug-likeness (QED) is 0.565. The van der Waals surface area contributed by atoms with Gasteiger partial charge < -0.3 is 24.6 Å². The number of aryl methyl sites for hydroxylation is 1. The molecule has 0 saturated carbocycles. The molecule has 3 aromatic rings. The van der Waals surface area contributed by atoms with E-state index >= 15 is 0 Å². The highest BCUT2D eigenvalue weighted by Gasteiger charge is 2.35. The standard InChI is InChI=1S/C24H29N3O4/c1-17-7-8-20(21(15-17)30-2)31-23(28)9-12-27-13-10-24(29,11-14-27)22-16-25-18-5-3-4-6-19(18)26-22/h3-8,15-16,23,28-29H,9-14H2,1-2H3. The van der Waals surface area contributed by atoms with Crippen molar-refractivity contribution in [2.45, 2.75) is 38.1 Å². The third-order valence-corrected chi connectivity index (χ3v) is 5.88. The molecule has 2 N–H and O–H groups in total. The largest absolute Gasteiger partial charge is 0.493 e. The van der Waals surface area contributed by atoms with Gasteiger partial charge in [0.05, 0.1) is 30.0 Å². The summed E-state index contributed by atoms with van der Waals surface area (Å²) < 4.78 is 11.0. The maximum atomic E-state index is 11.2. The molecule has 0 amide bonds. The van der Waals surface area contributed by atoms with E-state index in [4.69, 9.17) is 9.47 Å². The van der Waals surface area contributed by atoms with Crippen LogP contribution in [0.2, 0.25) is 0 Å². The average molecular weight is 424 g/mol. The van der Waals surface area contributed by atoms with E-state index in [-0.39, 0.29) is 0 Å². The predicted octanol–water partition coefficient (Wildman–Crippen LogP) is 3.02. The van der Waals surface area contributed by atoms with Crippen LogP contribution in [0.3, 0.4) is 0 Å². The smallest absolute Gasteiger partial charge is 0.198 e. The molecular formula is C24H29N3O4. The van der Waals surface area contributed by atoms with Crippen LogP contribution in [-0.4, -0.2) is 58.1 Å². The summed E-state index contributed by atoms with van der Waals surface area (Å²) in [6.45, 7) is 4.08. The summed E-state index contributed by atoms with van der Waals surface area (Å²) in [7, 11) is 1.59. The molecule has 0 aliphatic carbocycles. The Morgan fingerprint density at radius 2 is 1.84 bits per heavy atom. The highest BCUT2D eigenvalue weighted by Crippen LogP contribution is 2.32. The van der Waals surface area contributed by atoms with Gasteiger partial charge in [0.1, 0.15) is 5.60 Å². The second kappa shape index (κ2) is 9.18. The molecule has 7 heteroatoms. The summed E-state index contributed by atoms with van der Waals surface area (Å²) >= 11 is 0. The molecule has 0 bridgehead atoms. The second-order valence-electron chi connectivity index (χ2n) is 8.13. The minimum atomic E-state index is -0.974. The second-order valence-corrected chi connectivity index (χ2v) is 8.13. The van der Waals surface area contributed by atoms with Crippen molar-refractivity contribution >= 4 is 11.0 Å². The molecule has 1 atom stereocenters. The minimum absolute atomic E-state index is 0.464. The summed E-state index contributed by atoms with van der Waals surface area (Å²) in [6.07, 6.45) is 2.37. The lowest BCUT2D eigenvalue weighted by atomic mass is 9.88. The fourth-order valence-electron chi connectivity index (χ4n) is 3.95. The normalized spacial score (nSPS) is 17.4. The summed E-state index contributed by atoms with van der Waals surface area (Å²) in [5, 5.41) is 21.5. The Hall–Kier alpha value is -2.74. The van der Waals surface area contributed by atoms with Gasteiger partial charge in [-0.2, -0.15) is 0 Å². The van der Waals surface area contributed by atoms with Gasteiger partial charge in [-0.15, -0.1) is 0 Å². The van der Waals surface area contributed by atoms with Gasteiger partial charge in [0.2, 0.25) is 0 Å². The lowest BCUT2D eigenvalue weighted by Gasteiger charge is -2.37. The van der Waals surface area contributed by atoms with Crippen molar-refractivity contribution in [2.24, 2.45) is 0 Å². The van der Waals surface area contributed by atoms with Crippen molar-refractivity contribution in [3.8, 4) is 11.5 Å². The number of ether oxygens (including phenoxy) is 2. The van der Waals surface area contributed by atoms with Crippen LogP contribution in [0, 0.1) is 6.92 Å². The molecule has 1 aliphatic rings. The zero-order chi connectivity index (χ0) is 21.8. The fourth-order valence-corrected chi connectivity index (χ4v) is 3.95. The van der Waals surface area contributed by atoms with E-state index in [1.165, 1.54) is 0 Å². The minimum Gasteiger partial charge on any atom is -0.493 e. The number of hydrogen-bond donors (Lipinski definition) is 2. The number of aliphatic hydroxyl groups excluding tert-OH is 1. The summed E-state index contributed by atoms with van der Waals surface area (Å²) in [5.41, 5.74) is 2.34. The van der Waals surface area contributed by atoms with Gasteiger partial charge in [0.25, 0.3) is 0 Å². The van der Waals surface area contributed by atoms with E-state index in [2.05, 4.69) is 14.9 Å². The number of likely N-dealkylation sites (tertiary alicyclic amines) is 1. The van der Waals surface area contributed by atoms with Crippen molar-refractivity contribution in [1.82, 2.24) is 14.9 Å². The van der Waals surface area contributed by atoms with Crippen LogP contribution in [0.1, 0.15) is 30.5 Å². The molecule has 1 aromatic heterocycles. The van der Waals surface area contributed by atoms with E-state index < -0.39 is 11.9 Å². The Balaban J connectivity index is 1.30. The molecule has 0 spiro atoms. The van der Waals surface area contributed by atoms with E-state index in [0.717, 1.165) is 16.6 Å². The number of aromatic nitrogens is 2. The van der Waals surface area contributed by atoms with Crippen LogP contribution in [0.4, 0.5) is 0 Å². The van der Waals surface area contributed by atoms with Crippen LogP contribution < -0.4 is 9.47 Å². The van der Waals surface area contributed by atoms with Gasteiger partial charge in [-0.1, -0.05) is 18.2 Å². The van der Waals surface area contributed by atoms with Gasteiger partial charge in [-0.25, -0.2) is 4.98 Å². The first-order valence-electron chi connectivity index (χ1n) is 10.6. The van der Waals surface area contributed by atoms with Crippen molar-refractivity contribution in [1.29, 1.82) is 0 Å². The van der Waals surface area contributed by atoms with Crippen molar-refractivity contribution in [2.75, 3.05) is 26.7 Å². The molecular weight excluding hydrogens is 394 g/mol. The van der Waals surface area contributed by atoms with Gasteiger partial charge in [-0.05, 0) is 49.6 Å². The monoisotopic (exact) mass is 423 g/mol. The van der Waals surface area contributed by atoms with Crippen molar-refractivity contribution in [3.05, 3.63) is 59.9 Å². The summed E-state index contributed by atoms with van der Waals surface area (Å²) in [6, 6.07) is 13.3. The van der Waals surface area contributed by atoms with Crippen molar-refractivity contribution in [3.63, 3.8) is 0 Å². The number of para-hydroxylation sites is 2. The molecule has 1 unspecified atom stereocenters. The van der Waals surface area contributed by atoms with Gasteiger partial charge in [0.15, 0.2) is 17.8 Å². The Bertz CT molecular complexity index is 1030. The molecule has 2 aromatic carbocycles. The topological polar surface area (TPSA) is 87.9 Å². The summed E-state index contributed by atoms with van der Waals surface area (Å²) in [5.74, 6) is 1.14. The molecule has 31 heavy (non-hydrogen) atoms. The lowest BCUT2D eigenvalue weighted by molar-refractivity contribution is -0.0497. The highest BCUT2D eigenvalue weighted by molar-refractivity contribution is 5.73. The van der Waals surface area contributed by atoms with E-state index in [1.807, 2.05) is 49.4 Å². The zero-order valence-corrected chi connectivity index (χ0v) is 18.0. The number of piperidine rings is 1. The first-order chi connectivity index (χ1) is 15.0. The Morgan fingerprint density at radius 3 is 2.58 bits per heavy atom. The van der Waals surface area contributed by atoms with Crippen LogP contribution in [0.5, 0.6) is 11.5 Å². The SMILES string of the molecule is COc1cc(C)ccc1OC(O)CCN1CCC(O)(c2cnc3ccccc3n2)CC1. The fraction of sp³-hybridized carbons (Fsp3) is 0.417. The highest BCUT2D eigenvalue weighted by atomic mass is 16.6. The molecule has 1 aliphatic heterocycles. The Kier molecular flexibility index (Phi) is 6.36. The Labute approximate surface area is 182 Å². The van der Waals surface area contributed by atoms with Gasteiger partial charge >= 0.3 is 0 Å². The molecule has 1 fully saturated rings. The van der Waals surface area contributed by atoms with Crippen molar-refractivity contribution < 1.29 is 19.7 Å². The number of hydrogen-bond acceptors (Lipinski definition) is 7. The molecule has 164 valence electrons. The maximum absolute atomic E-state index is 11.2. The third kappa shape index (κ3) is 4.95. The first-order valence-corrected chi connectivity index (χ1v) is 10.6. The summed E-state index contributed by atoms with van der Waals surface area (Å²) in [4.78, 5) is 11.3. The molecule has 0 radical (unpaired) electrons. The van der Waals surface area contributed by atoms with Gasteiger partial charge in [-0.3, -0.25) is 4.98 Å². The van der Waals surface area contributed by atoms with E-state index in [0.29, 0.717) is 56.1 Å². The first kappa shape index (κ1) is 21.5. The maximum Gasteiger partial charge on any atom is 0.198 e. The van der Waals surface area contributed by atoms with E-state index in [9.17, 15) is 10.2 Å². The zero-order valence-electron chi connectivity index (χ0n) is 18.0. The molecule has 1 saturated heterocycles.